The number of hydrogen-bond donors (Lipinski definition) is 4. The smallest absolute Gasteiger partial charge is 0.277 e. The van der Waals surface area contributed by atoms with Gasteiger partial charge in [0.2, 0.25) is 0 Å². The molecule has 0 fully saturated rings. The number of aromatic amines is 1. The summed E-state index contributed by atoms with van der Waals surface area (Å²) >= 11 is 0. The number of rotatable bonds is 4. The van der Waals surface area contributed by atoms with Crippen LogP contribution in [0.1, 0.15) is 26.3 Å². The van der Waals surface area contributed by atoms with Crippen molar-refractivity contribution in [3.05, 3.63) is 11.8 Å². The molecule has 0 aliphatic rings. The third kappa shape index (κ3) is 4.17. The highest BCUT2D eigenvalue weighted by molar-refractivity contribution is 7.87. The van der Waals surface area contributed by atoms with Crippen molar-refractivity contribution in [2.75, 3.05) is 5.73 Å². The number of nitrogens with two attached hydrogens (primary N) is 1. The van der Waals surface area contributed by atoms with Gasteiger partial charge in [-0.15, -0.1) is 0 Å². The fraction of sp³-hybridized carbons (Fsp3) is 0.625. The van der Waals surface area contributed by atoms with Crippen molar-refractivity contribution in [3.63, 3.8) is 0 Å². The lowest BCUT2D eigenvalue weighted by molar-refractivity contribution is 0.483. The van der Waals surface area contributed by atoms with Gasteiger partial charge in [-0.25, -0.2) is 0 Å². The van der Waals surface area contributed by atoms with Gasteiger partial charge in [-0.2, -0.15) is 23.0 Å². The number of nitrogen functional groups attached to an aromatic ring is 1. The molecule has 7 nitrogen and oxygen atoms in total. The number of anilines is 1. The first-order chi connectivity index (χ1) is 7.20. The highest BCUT2D eigenvalue weighted by atomic mass is 32.2. The molecule has 0 aliphatic heterocycles. The lowest BCUT2D eigenvalue weighted by atomic mass is 10.1. The molecule has 0 aromatic carbocycles. The maximum absolute atomic E-state index is 11.6. The number of aromatic nitrogens is 2. The second-order valence-corrected chi connectivity index (χ2v) is 5.99. The summed E-state index contributed by atoms with van der Waals surface area (Å²) in [6.07, 6.45) is 1.48. The molecule has 0 spiro atoms. The van der Waals surface area contributed by atoms with Gasteiger partial charge in [-0.05, 0) is 20.8 Å². The topological polar surface area (TPSA) is 113 Å². The van der Waals surface area contributed by atoms with Gasteiger partial charge < -0.3 is 5.73 Å². The first kappa shape index (κ1) is 12.9. The summed E-state index contributed by atoms with van der Waals surface area (Å²) in [5.41, 5.74) is 5.61. The molecule has 1 rings (SSSR count). The molecule has 0 atom stereocenters. The van der Waals surface area contributed by atoms with Gasteiger partial charge in [0.05, 0.1) is 6.20 Å². The lowest BCUT2D eigenvalue weighted by Crippen LogP contribution is -2.46. The molecular formula is C8H17N5O2S. The van der Waals surface area contributed by atoms with Crippen LogP contribution in [0.3, 0.4) is 0 Å². The second-order valence-electron chi connectivity index (χ2n) is 4.49. The Labute approximate surface area is 95.0 Å². The van der Waals surface area contributed by atoms with Gasteiger partial charge in [-0.1, -0.05) is 0 Å². The van der Waals surface area contributed by atoms with Gasteiger partial charge >= 0.3 is 0 Å². The summed E-state index contributed by atoms with van der Waals surface area (Å²) in [6, 6.07) is 0. The highest BCUT2D eigenvalue weighted by Crippen LogP contribution is 2.06. The molecule has 92 valence electrons. The van der Waals surface area contributed by atoms with Gasteiger partial charge in [0.15, 0.2) is 0 Å². The molecule has 1 aromatic rings. The Morgan fingerprint density at radius 3 is 2.56 bits per heavy atom. The molecule has 0 unspecified atom stereocenters. The summed E-state index contributed by atoms with van der Waals surface area (Å²) in [5.74, 6) is 0.360. The predicted octanol–water partition coefficient (Wildman–Crippen LogP) is -0.286. The van der Waals surface area contributed by atoms with Gasteiger partial charge in [0, 0.05) is 17.6 Å². The SMILES string of the molecule is CC(C)(C)NS(=O)(=O)NCc1cn[nH]c1N. The van der Waals surface area contributed by atoms with Gasteiger partial charge in [0.25, 0.3) is 10.2 Å². The molecule has 0 radical (unpaired) electrons. The Balaban J connectivity index is 2.59. The maximum atomic E-state index is 11.6. The zero-order valence-corrected chi connectivity index (χ0v) is 10.4. The number of nitrogens with zero attached hydrogens (tertiary/aromatic N) is 1. The second kappa shape index (κ2) is 4.40. The van der Waals surface area contributed by atoms with Crippen LogP contribution < -0.4 is 15.2 Å². The fourth-order valence-electron chi connectivity index (χ4n) is 1.07. The minimum absolute atomic E-state index is 0.105. The van der Waals surface area contributed by atoms with Crippen LogP contribution in [0.4, 0.5) is 5.82 Å². The largest absolute Gasteiger partial charge is 0.384 e. The first-order valence-corrected chi connectivity index (χ1v) is 6.24. The fourth-order valence-corrected chi connectivity index (χ4v) is 2.30. The van der Waals surface area contributed by atoms with E-state index in [0.717, 1.165) is 0 Å². The number of nitrogens with one attached hydrogen (secondary N) is 3. The molecule has 1 aromatic heterocycles. The van der Waals surface area contributed by atoms with Crippen LogP contribution in [0.25, 0.3) is 0 Å². The number of hydrogen-bond acceptors (Lipinski definition) is 4. The molecule has 5 N–H and O–H groups in total. The minimum Gasteiger partial charge on any atom is -0.384 e. The van der Waals surface area contributed by atoms with Crippen LogP contribution >= 0.6 is 0 Å². The third-order valence-corrected chi connectivity index (χ3v) is 3.05. The summed E-state index contributed by atoms with van der Waals surface area (Å²) in [6.45, 7) is 5.39. The molecule has 8 heteroatoms. The molecule has 0 saturated carbocycles. The lowest BCUT2D eigenvalue weighted by Gasteiger charge is -2.20. The molecule has 0 saturated heterocycles. The Hall–Kier alpha value is -1.12. The van der Waals surface area contributed by atoms with E-state index in [1.54, 1.807) is 20.8 Å². The van der Waals surface area contributed by atoms with Crippen molar-refractivity contribution < 1.29 is 8.42 Å². The Morgan fingerprint density at radius 1 is 1.50 bits per heavy atom. The van der Waals surface area contributed by atoms with E-state index in [-0.39, 0.29) is 6.54 Å². The summed E-state index contributed by atoms with van der Waals surface area (Å²) in [7, 11) is -3.53. The predicted molar refractivity (Wildman–Crippen MR) is 61.6 cm³/mol. The van der Waals surface area contributed by atoms with E-state index >= 15 is 0 Å². The monoisotopic (exact) mass is 247 g/mol. The van der Waals surface area contributed by atoms with Crippen molar-refractivity contribution in [2.24, 2.45) is 0 Å². The molecule has 1 heterocycles. The first-order valence-electron chi connectivity index (χ1n) is 4.76. The van der Waals surface area contributed by atoms with E-state index in [0.29, 0.717) is 11.4 Å². The summed E-state index contributed by atoms with van der Waals surface area (Å²) in [4.78, 5) is 0. The minimum atomic E-state index is -3.53. The summed E-state index contributed by atoms with van der Waals surface area (Å²) in [5, 5.41) is 6.22. The quantitative estimate of drug-likeness (QED) is 0.585. The molecular weight excluding hydrogens is 230 g/mol. The van der Waals surface area contributed by atoms with Gasteiger partial charge in [0.1, 0.15) is 5.82 Å². The van der Waals surface area contributed by atoms with Crippen molar-refractivity contribution in [1.82, 2.24) is 19.6 Å². The molecule has 0 amide bonds. The maximum Gasteiger partial charge on any atom is 0.277 e. The van der Waals surface area contributed by atoms with E-state index in [4.69, 9.17) is 5.73 Å². The average molecular weight is 247 g/mol. The highest BCUT2D eigenvalue weighted by Gasteiger charge is 2.19. The normalized spacial score (nSPS) is 12.9. The zero-order valence-electron chi connectivity index (χ0n) is 9.53. The Morgan fingerprint density at radius 2 is 2.12 bits per heavy atom. The van der Waals surface area contributed by atoms with Crippen molar-refractivity contribution in [2.45, 2.75) is 32.9 Å². The number of H-pyrrole nitrogens is 1. The third-order valence-electron chi connectivity index (χ3n) is 1.64. The zero-order chi connectivity index (χ0) is 12.4. The van der Waals surface area contributed by atoms with Crippen LogP contribution in [-0.4, -0.2) is 24.2 Å². The summed E-state index contributed by atoms with van der Waals surface area (Å²) < 4.78 is 28.0. The standard InChI is InChI=1S/C8H17N5O2S/c1-8(2,3)13-16(14,15)11-5-6-4-10-12-7(6)9/h4,11,13H,5H2,1-3H3,(H3,9,10,12). The average Bonchev–Trinajstić information content (AvgIpc) is 2.43. The van der Waals surface area contributed by atoms with Crippen molar-refractivity contribution >= 4 is 16.0 Å². The van der Waals surface area contributed by atoms with Crippen LogP contribution in [-0.2, 0) is 16.8 Å². The molecule has 0 aliphatic carbocycles. The Kier molecular flexibility index (Phi) is 3.56. The van der Waals surface area contributed by atoms with E-state index in [1.807, 2.05) is 0 Å². The molecule has 0 bridgehead atoms. The Bertz CT molecular complexity index is 445. The van der Waals surface area contributed by atoms with Crippen LogP contribution in [0, 0.1) is 0 Å². The van der Waals surface area contributed by atoms with Crippen molar-refractivity contribution in [1.29, 1.82) is 0 Å². The van der Waals surface area contributed by atoms with E-state index in [2.05, 4.69) is 19.6 Å². The van der Waals surface area contributed by atoms with Crippen LogP contribution in [0.2, 0.25) is 0 Å². The van der Waals surface area contributed by atoms with E-state index in [1.165, 1.54) is 6.20 Å². The molecule has 16 heavy (non-hydrogen) atoms. The van der Waals surface area contributed by atoms with E-state index in [9.17, 15) is 8.42 Å². The van der Waals surface area contributed by atoms with Gasteiger partial charge in [-0.3, -0.25) is 5.10 Å². The van der Waals surface area contributed by atoms with Crippen molar-refractivity contribution in [3.8, 4) is 0 Å². The van der Waals surface area contributed by atoms with Crippen LogP contribution in [0.5, 0.6) is 0 Å². The van der Waals surface area contributed by atoms with E-state index < -0.39 is 15.7 Å². The van der Waals surface area contributed by atoms with Crippen LogP contribution in [0.15, 0.2) is 6.20 Å².